The van der Waals surface area contributed by atoms with E-state index in [1.807, 2.05) is 42.6 Å². The molecule has 226 valence electrons. The highest BCUT2D eigenvalue weighted by atomic mass is 15.0. The molecular formula is C44H30N4. The van der Waals surface area contributed by atoms with E-state index in [1.54, 1.807) is 6.20 Å². The van der Waals surface area contributed by atoms with Crippen LogP contribution in [0.2, 0.25) is 0 Å². The van der Waals surface area contributed by atoms with Crippen LogP contribution in [0.15, 0.2) is 182 Å². The third kappa shape index (κ3) is 5.91. The lowest BCUT2D eigenvalue weighted by Crippen LogP contribution is -2.00. The number of rotatable bonds is 7. The maximum atomic E-state index is 5.00. The molecule has 8 aromatic rings. The minimum absolute atomic E-state index is 0.626. The molecular weight excluding hydrogens is 585 g/mol. The average Bonchev–Trinajstić information content (AvgIpc) is 3.19. The molecule has 0 unspecified atom stereocenters. The molecule has 0 aliphatic heterocycles. The van der Waals surface area contributed by atoms with Gasteiger partial charge in [-0.3, -0.25) is 4.98 Å². The van der Waals surface area contributed by atoms with Gasteiger partial charge in [0.1, 0.15) is 0 Å². The van der Waals surface area contributed by atoms with Crippen molar-refractivity contribution < 1.29 is 0 Å². The molecule has 0 amide bonds. The number of hydrogen-bond donors (Lipinski definition) is 0. The van der Waals surface area contributed by atoms with Crippen LogP contribution in [0, 0.1) is 0 Å². The van der Waals surface area contributed by atoms with Crippen molar-refractivity contribution in [2.75, 3.05) is 0 Å². The minimum atomic E-state index is 0.626. The van der Waals surface area contributed by atoms with E-state index in [4.69, 9.17) is 15.0 Å². The Bertz CT molecular complexity index is 2230. The average molecular weight is 615 g/mol. The second-order valence-corrected chi connectivity index (χ2v) is 11.5. The second-order valence-electron chi connectivity index (χ2n) is 11.5. The second kappa shape index (κ2) is 13.1. The van der Waals surface area contributed by atoms with Gasteiger partial charge in [-0.1, -0.05) is 164 Å². The lowest BCUT2D eigenvalue weighted by atomic mass is 9.87. The summed E-state index contributed by atoms with van der Waals surface area (Å²) in [5.41, 5.74) is 12.0. The van der Waals surface area contributed by atoms with Crippen LogP contribution in [0.25, 0.3) is 78.7 Å². The fourth-order valence-electron chi connectivity index (χ4n) is 6.06. The molecule has 0 aliphatic rings. The Morgan fingerprint density at radius 2 is 0.667 bits per heavy atom. The van der Waals surface area contributed by atoms with Crippen LogP contribution in [0.5, 0.6) is 0 Å². The summed E-state index contributed by atoms with van der Waals surface area (Å²) in [4.78, 5) is 19.2. The molecule has 0 bridgehead atoms. The van der Waals surface area contributed by atoms with Gasteiger partial charge in [0.15, 0.2) is 17.5 Å². The summed E-state index contributed by atoms with van der Waals surface area (Å²) in [6.07, 6.45) is 3.65. The zero-order chi connectivity index (χ0) is 32.1. The van der Waals surface area contributed by atoms with E-state index in [0.29, 0.717) is 17.5 Å². The van der Waals surface area contributed by atoms with Gasteiger partial charge in [0.25, 0.3) is 0 Å². The van der Waals surface area contributed by atoms with Crippen molar-refractivity contribution >= 4 is 0 Å². The molecule has 0 fully saturated rings. The molecule has 0 N–H and O–H groups in total. The molecule has 0 spiro atoms. The SMILES string of the molecule is c1ccc(-c2nc(-c3ccc(-c4cccnc4)cc3)nc(-c3ccc(-c4c(-c5ccccc5)cccc4-c4ccccc4)cc3)n2)cc1. The van der Waals surface area contributed by atoms with Crippen LogP contribution in [-0.2, 0) is 0 Å². The summed E-state index contributed by atoms with van der Waals surface area (Å²) in [7, 11) is 0. The van der Waals surface area contributed by atoms with E-state index in [2.05, 4.69) is 138 Å². The van der Waals surface area contributed by atoms with Gasteiger partial charge in [-0.2, -0.15) is 0 Å². The van der Waals surface area contributed by atoms with Crippen molar-refractivity contribution in [3.05, 3.63) is 182 Å². The first kappa shape index (κ1) is 28.9. The Balaban J connectivity index is 1.22. The van der Waals surface area contributed by atoms with Crippen molar-refractivity contribution in [1.29, 1.82) is 0 Å². The van der Waals surface area contributed by atoms with Crippen LogP contribution in [-0.4, -0.2) is 19.9 Å². The fourth-order valence-corrected chi connectivity index (χ4v) is 6.06. The van der Waals surface area contributed by atoms with Crippen LogP contribution in [0.4, 0.5) is 0 Å². The largest absolute Gasteiger partial charge is 0.264 e. The van der Waals surface area contributed by atoms with Crippen LogP contribution >= 0.6 is 0 Å². The standard InChI is InChI=1S/C44H30N4/c1-4-12-32(13-5-1)39-19-10-20-40(33-14-6-2-7-15-33)41(39)34-23-27-37(28-24-34)44-47-42(35-16-8-3-9-17-35)46-43(48-44)36-25-21-31(22-26-36)38-18-11-29-45-30-38/h1-30H. The lowest BCUT2D eigenvalue weighted by Gasteiger charge is -2.17. The topological polar surface area (TPSA) is 51.6 Å². The molecule has 4 nitrogen and oxygen atoms in total. The first-order valence-corrected chi connectivity index (χ1v) is 16.0. The highest BCUT2D eigenvalue weighted by Gasteiger charge is 2.16. The predicted molar refractivity (Wildman–Crippen MR) is 196 cm³/mol. The molecule has 8 rings (SSSR count). The Kier molecular flexibility index (Phi) is 7.87. The summed E-state index contributed by atoms with van der Waals surface area (Å²) in [5, 5.41) is 0. The minimum Gasteiger partial charge on any atom is -0.264 e. The van der Waals surface area contributed by atoms with Gasteiger partial charge in [0.05, 0.1) is 0 Å². The van der Waals surface area contributed by atoms with Crippen molar-refractivity contribution in [3.8, 4) is 78.7 Å². The summed E-state index contributed by atoms with van der Waals surface area (Å²) in [6, 6.07) is 58.7. The number of pyridine rings is 1. The zero-order valence-electron chi connectivity index (χ0n) is 26.1. The summed E-state index contributed by atoms with van der Waals surface area (Å²) < 4.78 is 0. The van der Waals surface area contributed by atoms with Gasteiger partial charge >= 0.3 is 0 Å². The van der Waals surface area contributed by atoms with Crippen molar-refractivity contribution in [2.45, 2.75) is 0 Å². The number of aromatic nitrogens is 4. The molecule has 0 radical (unpaired) electrons. The van der Waals surface area contributed by atoms with Gasteiger partial charge in [-0.25, -0.2) is 15.0 Å². The van der Waals surface area contributed by atoms with Crippen LogP contribution < -0.4 is 0 Å². The maximum Gasteiger partial charge on any atom is 0.164 e. The summed E-state index contributed by atoms with van der Waals surface area (Å²) >= 11 is 0. The Labute approximate surface area is 280 Å². The van der Waals surface area contributed by atoms with E-state index in [0.717, 1.165) is 33.4 Å². The highest BCUT2D eigenvalue weighted by molar-refractivity contribution is 5.94. The third-order valence-corrected chi connectivity index (χ3v) is 8.47. The van der Waals surface area contributed by atoms with E-state index in [-0.39, 0.29) is 0 Å². The van der Waals surface area contributed by atoms with Crippen LogP contribution in [0.1, 0.15) is 0 Å². The first-order chi connectivity index (χ1) is 23.8. The molecule has 6 aromatic carbocycles. The monoisotopic (exact) mass is 614 g/mol. The molecule has 4 heteroatoms. The number of benzene rings is 6. The Hall–Kier alpha value is -6.52. The first-order valence-electron chi connectivity index (χ1n) is 16.0. The zero-order valence-corrected chi connectivity index (χ0v) is 26.1. The molecule has 0 saturated heterocycles. The predicted octanol–water partition coefficient (Wildman–Crippen LogP) is 10.9. The maximum absolute atomic E-state index is 5.00. The van der Waals surface area contributed by atoms with Gasteiger partial charge < -0.3 is 0 Å². The fraction of sp³-hybridized carbons (Fsp3) is 0. The van der Waals surface area contributed by atoms with Crippen molar-refractivity contribution in [3.63, 3.8) is 0 Å². The van der Waals surface area contributed by atoms with E-state index in [9.17, 15) is 0 Å². The molecule has 0 atom stereocenters. The molecule has 0 aliphatic carbocycles. The smallest absolute Gasteiger partial charge is 0.164 e. The van der Waals surface area contributed by atoms with Gasteiger partial charge in [-0.05, 0) is 50.6 Å². The molecule has 2 heterocycles. The molecule has 48 heavy (non-hydrogen) atoms. The number of nitrogens with zero attached hydrogens (tertiary/aromatic N) is 4. The third-order valence-electron chi connectivity index (χ3n) is 8.47. The van der Waals surface area contributed by atoms with Gasteiger partial charge in [0, 0.05) is 29.1 Å². The summed E-state index contributed by atoms with van der Waals surface area (Å²) in [6.45, 7) is 0. The van der Waals surface area contributed by atoms with Gasteiger partial charge in [-0.15, -0.1) is 0 Å². The van der Waals surface area contributed by atoms with Crippen LogP contribution in [0.3, 0.4) is 0 Å². The van der Waals surface area contributed by atoms with Crippen molar-refractivity contribution in [2.24, 2.45) is 0 Å². The lowest BCUT2D eigenvalue weighted by molar-refractivity contribution is 1.07. The normalized spacial score (nSPS) is 10.9. The van der Waals surface area contributed by atoms with Crippen molar-refractivity contribution in [1.82, 2.24) is 19.9 Å². The van der Waals surface area contributed by atoms with E-state index >= 15 is 0 Å². The number of hydrogen-bond acceptors (Lipinski definition) is 4. The highest BCUT2D eigenvalue weighted by Crippen LogP contribution is 2.40. The Morgan fingerprint density at radius 1 is 0.271 bits per heavy atom. The van der Waals surface area contributed by atoms with E-state index < -0.39 is 0 Å². The Morgan fingerprint density at radius 3 is 1.12 bits per heavy atom. The van der Waals surface area contributed by atoms with Gasteiger partial charge in [0.2, 0.25) is 0 Å². The molecule has 2 aromatic heterocycles. The molecule has 0 saturated carbocycles. The summed E-state index contributed by atoms with van der Waals surface area (Å²) in [5.74, 6) is 1.89. The van der Waals surface area contributed by atoms with E-state index in [1.165, 1.54) is 27.8 Å². The quantitative estimate of drug-likeness (QED) is 0.179.